The lowest BCUT2D eigenvalue weighted by molar-refractivity contribution is -0.124. The number of hydrogen-bond donors (Lipinski definition) is 2. The van der Waals surface area contributed by atoms with Gasteiger partial charge in [0.2, 0.25) is 5.91 Å². The summed E-state index contributed by atoms with van der Waals surface area (Å²) in [6.07, 6.45) is 0.788. The van der Waals surface area contributed by atoms with Crippen LogP contribution >= 0.6 is 0 Å². The molecule has 0 aliphatic rings. The lowest BCUT2D eigenvalue weighted by Crippen LogP contribution is -2.50. The van der Waals surface area contributed by atoms with Gasteiger partial charge in [0, 0.05) is 11.3 Å². The molecule has 0 saturated carbocycles. The van der Waals surface area contributed by atoms with E-state index in [2.05, 4.69) is 15.6 Å². The minimum Gasteiger partial charge on any atom is -0.349 e. The van der Waals surface area contributed by atoms with Crippen molar-refractivity contribution in [2.24, 2.45) is 5.92 Å². The zero-order valence-electron chi connectivity index (χ0n) is 15.0. The van der Waals surface area contributed by atoms with Crippen LogP contribution < -0.4 is 10.6 Å². The number of aryl methyl sites for hydroxylation is 1. The maximum absolute atomic E-state index is 12.6. The molecule has 2 N–H and O–H groups in total. The summed E-state index contributed by atoms with van der Waals surface area (Å²) in [7, 11) is 0. The van der Waals surface area contributed by atoms with Gasteiger partial charge in [-0.05, 0) is 37.1 Å². The molecule has 5 heteroatoms. The number of rotatable bonds is 7. The van der Waals surface area contributed by atoms with E-state index in [1.165, 1.54) is 0 Å². The van der Waals surface area contributed by atoms with Gasteiger partial charge in [0.05, 0.1) is 12.2 Å². The number of carbonyl (C=O) groups is 2. The van der Waals surface area contributed by atoms with Crippen LogP contribution in [0.5, 0.6) is 0 Å². The van der Waals surface area contributed by atoms with Gasteiger partial charge in [-0.25, -0.2) is 0 Å². The Balaban J connectivity index is 2.03. The first-order chi connectivity index (χ1) is 12.0. The summed E-state index contributed by atoms with van der Waals surface area (Å²) >= 11 is 0. The number of pyridine rings is 1. The average Bonchev–Trinajstić information content (AvgIpc) is 2.64. The van der Waals surface area contributed by atoms with Gasteiger partial charge >= 0.3 is 0 Å². The first-order valence-corrected chi connectivity index (χ1v) is 8.57. The molecule has 0 radical (unpaired) electrons. The Morgan fingerprint density at radius 2 is 1.80 bits per heavy atom. The molecule has 1 heterocycles. The molecule has 1 aromatic heterocycles. The number of nitrogens with zero attached hydrogens (tertiary/aromatic N) is 1. The van der Waals surface area contributed by atoms with Gasteiger partial charge in [0.25, 0.3) is 5.91 Å². The highest BCUT2D eigenvalue weighted by Gasteiger charge is 2.26. The van der Waals surface area contributed by atoms with Gasteiger partial charge in [-0.3, -0.25) is 14.6 Å². The molecular weight excluding hydrogens is 314 g/mol. The maximum atomic E-state index is 12.6. The van der Waals surface area contributed by atoms with E-state index in [1.54, 1.807) is 24.3 Å². The molecule has 5 nitrogen and oxygen atoms in total. The van der Waals surface area contributed by atoms with E-state index < -0.39 is 6.04 Å². The van der Waals surface area contributed by atoms with Crippen LogP contribution in [0.3, 0.4) is 0 Å². The molecule has 1 aromatic carbocycles. The summed E-state index contributed by atoms with van der Waals surface area (Å²) in [4.78, 5) is 29.4. The highest BCUT2D eigenvalue weighted by molar-refractivity contribution is 5.97. The van der Waals surface area contributed by atoms with E-state index >= 15 is 0 Å². The fourth-order valence-electron chi connectivity index (χ4n) is 2.50. The van der Waals surface area contributed by atoms with Crippen LogP contribution in [0.2, 0.25) is 0 Å². The van der Waals surface area contributed by atoms with E-state index in [9.17, 15) is 9.59 Å². The average molecular weight is 339 g/mol. The van der Waals surface area contributed by atoms with Gasteiger partial charge in [-0.15, -0.1) is 0 Å². The van der Waals surface area contributed by atoms with E-state index in [-0.39, 0.29) is 17.7 Å². The molecule has 2 rings (SSSR count). The quantitative estimate of drug-likeness (QED) is 0.815. The van der Waals surface area contributed by atoms with Crippen molar-refractivity contribution >= 4 is 11.8 Å². The van der Waals surface area contributed by atoms with Crippen molar-refractivity contribution in [1.82, 2.24) is 15.6 Å². The topological polar surface area (TPSA) is 71.1 Å². The van der Waals surface area contributed by atoms with Crippen LogP contribution in [0, 0.1) is 12.8 Å². The van der Waals surface area contributed by atoms with Gasteiger partial charge < -0.3 is 10.6 Å². The molecule has 0 saturated heterocycles. The second kappa shape index (κ2) is 8.97. The number of nitrogens with one attached hydrogen (secondary N) is 2. The Bertz CT molecular complexity index is 716. The lowest BCUT2D eigenvalue weighted by atomic mass is 9.97. The normalized spacial score (nSPS) is 12.9. The smallest absolute Gasteiger partial charge is 0.251 e. The summed E-state index contributed by atoms with van der Waals surface area (Å²) < 4.78 is 0. The van der Waals surface area contributed by atoms with Crippen LogP contribution in [0.15, 0.2) is 48.5 Å². The largest absolute Gasteiger partial charge is 0.349 e. The number of amides is 2. The summed E-state index contributed by atoms with van der Waals surface area (Å²) in [6.45, 7) is 6.21. The van der Waals surface area contributed by atoms with Gasteiger partial charge in [-0.1, -0.05) is 44.5 Å². The standard InChI is InChI=1S/C20H25N3O2/c1-4-14(2)18(23-19(24)16-10-6-5-7-11-16)20(25)21-13-17-12-8-9-15(3)22-17/h5-12,14,18H,4,13H2,1-3H3,(H,21,25)(H,23,24). The Morgan fingerprint density at radius 3 is 2.44 bits per heavy atom. The molecular formula is C20H25N3O2. The minimum atomic E-state index is -0.581. The van der Waals surface area contributed by atoms with Crippen molar-refractivity contribution in [3.8, 4) is 0 Å². The number of carbonyl (C=O) groups excluding carboxylic acids is 2. The van der Waals surface area contributed by atoms with Crippen molar-refractivity contribution in [3.05, 3.63) is 65.5 Å². The van der Waals surface area contributed by atoms with E-state index in [0.29, 0.717) is 12.1 Å². The number of aromatic nitrogens is 1. The van der Waals surface area contributed by atoms with Crippen LogP contribution in [0.25, 0.3) is 0 Å². The number of hydrogen-bond acceptors (Lipinski definition) is 3. The second-order valence-corrected chi connectivity index (χ2v) is 6.19. The highest BCUT2D eigenvalue weighted by atomic mass is 16.2. The van der Waals surface area contributed by atoms with E-state index in [4.69, 9.17) is 0 Å². The molecule has 25 heavy (non-hydrogen) atoms. The molecule has 2 aromatic rings. The first kappa shape index (κ1) is 18.6. The monoisotopic (exact) mass is 339 g/mol. The summed E-state index contributed by atoms with van der Waals surface area (Å²) in [5.74, 6) is -0.408. The van der Waals surface area contributed by atoms with Crippen molar-refractivity contribution in [2.75, 3.05) is 0 Å². The number of benzene rings is 1. The summed E-state index contributed by atoms with van der Waals surface area (Å²) in [5, 5.41) is 5.74. The fourth-order valence-corrected chi connectivity index (χ4v) is 2.50. The van der Waals surface area contributed by atoms with Gasteiger partial charge in [-0.2, -0.15) is 0 Å². The molecule has 132 valence electrons. The van der Waals surface area contributed by atoms with Gasteiger partial charge in [0.15, 0.2) is 0 Å². The van der Waals surface area contributed by atoms with Crippen molar-refractivity contribution in [3.63, 3.8) is 0 Å². The fraction of sp³-hybridized carbons (Fsp3) is 0.350. The molecule has 0 spiro atoms. The summed E-state index contributed by atoms with van der Waals surface area (Å²) in [6, 6.07) is 14.0. The van der Waals surface area contributed by atoms with E-state index in [1.807, 2.05) is 45.0 Å². The Labute approximate surface area is 148 Å². The highest BCUT2D eigenvalue weighted by Crippen LogP contribution is 2.10. The Hall–Kier alpha value is -2.69. The lowest BCUT2D eigenvalue weighted by Gasteiger charge is -2.23. The Kier molecular flexibility index (Phi) is 6.69. The molecule has 0 fully saturated rings. The zero-order valence-corrected chi connectivity index (χ0v) is 15.0. The van der Waals surface area contributed by atoms with Gasteiger partial charge in [0.1, 0.15) is 6.04 Å². The molecule has 0 aliphatic carbocycles. The van der Waals surface area contributed by atoms with Crippen LogP contribution in [-0.2, 0) is 11.3 Å². The van der Waals surface area contributed by atoms with Crippen molar-refractivity contribution < 1.29 is 9.59 Å². The molecule has 0 aliphatic heterocycles. The molecule has 2 atom stereocenters. The molecule has 2 unspecified atom stereocenters. The minimum absolute atomic E-state index is 0.0260. The first-order valence-electron chi connectivity index (χ1n) is 8.57. The maximum Gasteiger partial charge on any atom is 0.251 e. The Morgan fingerprint density at radius 1 is 1.08 bits per heavy atom. The van der Waals surface area contributed by atoms with Crippen molar-refractivity contribution in [1.29, 1.82) is 0 Å². The summed E-state index contributed by atoms with van der Waals surface area (Å²) in [5.41, 5.74) is 2.25. The van der Waals surface area contributed by atoms with Crippen molar-refractivity contribution in [2.45, 2.75) is 39.8 Å². The third kappa shape index (κ3) is 5.41. The van der Waals surface area contributed by atoms with Crippen LogP contribution in [-0.4, -0.2) is 22.8 Å². The SMILES string of the molecule is CCC(C)C(NC(=O)c1ccccc1)C(=O)NCc1cccc(C)n1. The molecule has 2 amide bonds. The second-order valence-electron chi connectivity index (χ2n) is 6.19. The third-order valence-electron chi connectivity index (χ3n) is 4.21. The van der Waals surface area contributed by atoms with Crippen LogP contribution in [0.1, 0.15) is 42.0 Å². The third-order valence-corrected chi connectivity index (χ3v) is 4.21. The molecule has 0 bridgehead atoms. The van der Waals surface area contributed by atoms with Crippen LogP contribution in [0.4, 0.5) is 0 Å². The van der Waals surface area contributed by atoms with E-state index in [0.717, 1.165) is 17.8 Å². The predicted molar refractivity (Wildman–Crippen MR) is 98.0 cm³/mol. The predicted octanol–water partition coefficient (Wildman–Crippen LogP) is 2.85. The zero-order chi connectivity index (χ0) is 18.2.